The molecule has 168 valence electrons. The maximum absolute atomic E-state index is 8.71. The number of aliphatic imine (C=N–C) groups is 1. The highest BCUT2D eigenvalue weighted by atomic mass is 15.2. The molecule has 0 bridgehead atoms. The fourth-order valence-corrected chi connectivity index (χ4v) is 3.22. The predicted octanol–water partition coefficient (Wildman–Crippen LogP) is 7.17. The van der Waals surface area contributed by atoms with E-state index >= 15 is 0 Å². The van der Waals surface area contributed by atoms with Crippen molar-refractivity contribution in [3.63, 3.8) is 0 Å². The van der Waals surface area contributed by atoms with E-state index in [4.69, 9.17) is 10.4 Å². The molecule has 0 aliphatic heterocycles. The maximum atomic E-state index is 8.71. The number of nitrogens with zero attached hydrogens (tertiary/aromatic N) is 2. The lowest BCUT2D eigenvalue weighted by molar-refractivity contribution is 0.282. The zero-order chi connectivity index (χ0) is 23.6. The third-order valence-corrected chi connectivity index (χ3v) is 6.37. The van der Waals surface area contributed by atoms with Gasteiger partial charge in [0.1, 0.15) is 5.84 Å². The van der Waals surface area contributed by atoms with Crippen molar-refractivity contribution in [2.75, 3.05) is 7.05 Å². The monoisotopic (exact) mass is 419 g/mol. The third-order valence-electron chi connectivity index (χ3n) is 6.37. The van der Waals surface area contributed by atoms with Crippen molar-refractivity contribution in [1.29, 1.82) is 5.41 Å². The van der Waals surface area contributed by atoms with Gasteiger partial charge in [-0.1, -0.05) is 90.1 Å². The van der Waals surface area contributed by atoms with Gasteiger partial charge >= 0.3 is 0 Å². The first-order valence-corrected chi connectivity index (χ1v) is 11.3. The Morgan fingerprint density at radius 3 is 1.65 bits per heavy atom. The van der Waals surface area contributed by atoms with Gasteiger partial charge in [-0.25, -0.2) is 4.99 Å². The smallest absolute Gasteiger partial charge is 0.154 e. The van der Waals surface area contributed by atoms with E-state index in [0.29, 0.717) is 0 Å². The molecule has 0 amide bonds. The van der Waals surface area contributed by atoms with Crippen molar-refractivity contribution in [1.82, 2.24) is 4.90 Å². The topological polar surface area (TPSA) is 39.5 Å². The summed E-state index contributed by atoms with van der Waals surface area (Å²) in [5.74, 6) is 1.10. The van der Waals surface area contributed by atoms with Gasteiger partial charge in [0.25, 0.3) is 0 Å². The summed E-state index contributed by atoms with van der Waals surface area (Å²) in [7, 11) is 2.05. The molecule has 0 heterocycles. The Kier molecular flexibility index (Phi) is 7.20. The number of benzene rings is 2. The molecule has 0 fully saturated rings. The van der Waals surface area contributed by atoms with E-state index in [0.717, 1.165) is 23.4 Å². The second kappa shape index (κ2) is 8.98. The average molecular weight is 420 g/mol. The summed E-state index contributed by atoms with van der Waals surface area (Å²) in [6, 6.07) is 16.9. The number of amidine groups is 2. The van der Waals surface area contributed by atoms with Crippen molar-refractivity contribution >= 4 is 11.7 Å². The Hall–Kier alpha value is -2.42. The van der Waals surface area contributed by atoms with Gasteiger partial charge in [-0.2, -0.15) is 0 Å². The van der Waals surface area contributed by atoms with Gasteiger partial charge in [-0.15, -0.1) is 0 Å². The Balaban J connectivity index is 2.46. The van der Waals surface area contributed by atoms with Crippen LogP contribution in [0.2, 0.25) is 0 Å². The van der Waals surface area contributed by atoms with Crippen molar-refractivity contribution in [2.24, 2.45) is 4.99 Å². The second-order valence-electron chi connectivity index (χ2n) is 11.2. The zero-order valence-corrected chi connectivity index (χ0v) is 21.2. The van der Waals surface area contributed by atoms with E-state index in [9.17, 15) is 0 Å². The van der Waals surface area contributed by atoms with Gasteiger partial charge in [0.05, 0.1) is 0 Å². The first kappa shape index (κ1) is 24.8. The summed E-state index contributed by atoms with van der Waals surface area (Å²) in [6.45, 7) is 19.9. The minimum absolute atomic E-state index is 0.104. The van der Waals surface area contributed by atoms with Crippen LogP contribution < -0.4 is 0 Å². The molecule has 0 aliphatic rings. The molecule has 0 spiro atoms. The van der Waals surface area contributed by atoms with Crippen LogP contribution in [0.15, 0.2) is 53.5 Å². The van der Waals surface area contributed by atoms with E-state index in [1.54, 1.807) is 0 Å². The lowest BCUT2D eigenvalue weighted by atomic mass is 9.82. The molecule has 3 nitrogen and oxygen atoms in total. The highest BCUT2D eigenvalue weighted by molar-refractivity contribution is 6.10. The van der Waals surface area contributed by atoms with Crippen LogP contribution in [0.25, 0.3) is 0 Å². The number of rotatable bonds is 4. The SMILES string of the molecule is CCC(C)(C)c1ccc(C(=N)N=C(c2ccc(C(C)(C)C)cc2)N(C)C(C)(C)C)cc1. The van der Waals surface area contributed by atoms with Crippen LogP contribution >= 0.6 is 0 Å². The Morgan fingerprint density at radius 2 is 1.23 bits per heavy atom. The van der Waals surface area contributed by atoms with E-state index < -0.39 is 0 Å². The molecule has 2 rings (SSSR count). The fourth-order valence-electron chi connectivity index (χ4n) is 3.22. The summed E-state index contributed by atoms with van der Waals surface area (Å²) in [6.07, 6.45) is 1.08. The second-order valence-corrected chi connectivity index (χ2v) is 11.2. The van der Waals surface area contributed by atoms with Crippen LogP contribution in [-0.4, -0.2) is 29.2 Å². The Morgan fingerprint density at radius 1 is 0.774 bits per heavy atom. The van der Waals surface area contributed by atoms with Crippen molar-refractivity contribution in [2.45, 2.75) is 85.1 Å². The summed E-state index contributed by atoms with van der Waals surface area (Å²) in [5, 5.41) is 8.71. The van der Waals surface area contributed by atoms with Gasteiger partial charge in [-0.3, -0.25) is 5.41 Å². The van der Waals surface area contributed by atoms with Gasteiger partial charge in [0, 0.05) is 23.7 Å². The Labute approximate surface area is 190 Å². The number of hydrogen-bond acceptors (Lipinski definition) is 1. The van der Waals surface area contributed by atoms with Crippen LogP contribution in [0.5, 0.6) is 0 Å². The van der Waals surface area contributed by atoms with Crippen LogP contribution in [0.1, 0.15) is 91.0 Å². The molecule has 2 aromatic carbocycles. The minimum Gasteiger partial charge on any atom is -0.354 e. The van der Waals surface area contributed by atoms with Crippen molar-refractivity contribution in [3.8, 4) is 0 Å². The van der Waals surface area contributed by atoms with E-state index in [1.165, 1.54) is 11.1 Å². The molecule has 0 unspecified atom stereocenters. The average Bonchev–Trinajstić information content (AvgIpc) is 2.70. The number of hydrogen-bond donors (Lipinski definition) is 1. The largest absolute Gasteiger partial charge is 0.354 e. The minimum atomic E-state index is -0.114. The lowest BCUT2D eigenvalue weighted by Crippen LogP contribution is -2.43. The van der Waals surface area contributed by atoms with Gasteiger partial charge in [-0.05, 0) is 49.1 Å². The van der Waals surface area contributed by atoms with Crippen LogP contribution in [0.3, 0.4) is 0 Å². The predicted molar refractivity (Wildman–Crippen MR) is 136 cm³/mol. The molecule has 1 N–H and O–H groups in total. The molecule has 0 aromatic heterocycles. The summed E-state index contributed by atoms with van der Waals surface area (Å²) < 4.78 is 0. The van der Waals surface area contributed by atoms with Crippen LogP contribution in [0.4, 0.5) is 0 Å². The molecule has 0 saturated heterocycles. The van der Waals surface area contributed by atoms with Gasteiger partial charge < -0.3 is 4.90 Å². The molecule has 31 heavy (non-hydrogen) atoms. The molecule has 0 saturated carbocycles. The zero-order valence-electron chi connectivity index (χ0n) is 21.2. The summed E-state index contributed by atoms with van der Waals surface area (Å²) in [4.78, 5) is 6.97. The van der Waals surface area contributed by atoms with E-state index in [1.807, 2.05) is 12.1 Å². The summed E-state index contributed by atoms with van der Waals surface area (Å²) in [5.41, 5.74) is 4.57. The lowest BCUT2D eigenvalue weighted by Gasteiger charge is -2.35. The summed E-state index contributed by atoms with van der Waals surface area (Å²) >= 11 is 0. The molecule has 2 aromatic rings. The van der Waals surface area contributed by atoms with Gasteiger partial charge in [0.15, 0.2) is 5.84 Å². The fraction of sp³-hybridized carbons (Fsp3) is 0.500. The quantitative estimate of drug-likeness (QED) is 0.414. The van der Waals surface area contributed by atoms with E-state index in [-0.39, 0.29) is 22.2 Å². The normalized spacial score (nSPS) is 13.3. The molecular weight excluding hydrogens is 378 g/mol. The highest BCUT2D eigenvalue weighted by Gasteiger charge is 2.24. The standard InChI is InChI=1S/C28H41N3/c1-11-28(8,9)23-18-12-20(13-19-23)24(29)30-25(31(10)27(5,6)7)21-14-16-22(17-15-21)26(2,3)4/h12-19,29H,11H2,1-10H3. The third kappa shape index (κ3) is 6.06. The molecule has 0 radical (unpaired) electrons. The first-order chi connectivity index (χ1) is 14.2. The van der Waals surface area contributed by atoms with Crippen molar-refractivity contribution in [3.05, 3.63) is 70.8 Å². The number of nitrogens with one attached hydrogen (secondary N) is 1. The molecule has 3 heteroatoms. The molecular formula is C28H41N3. The van der Waals surface area contributed by atoms with Crippen LogP contribution in [0, 0.1) is 5.41 Å². The molecule has 0 aliphatic carbocycles. The Bertz CT molecular complexity index is 918. The first-order valence-electron chi connectivity index (χ1n) is 11.3. The van der Waals surface area contributed by atoms with Crippen molar-refractivity contribution < 1.29 is 0 Å². The highest BCUT2D eigenvalue weighted by Crippen LogP contribution is 2.27. The maximum Gasteiger partial charge on any atom is 0.154 e. The van der Waals surface area contributed by atoms with Gasteiger partial charge in [0.2, 0.25) is 0 Å². The molecule has 0 atom stereocenters. The van der Waals surface area contributed by atoms with Crippen LogP contribution in [-0.2, 0) is 10.8 Å². The van der Waals surface area contributed by atoms with E-state index in [2.05, 4.69) is 111 Å².